The quantitative estimate of drug-likeness (QED) is 0.913. The molecule has 1 unspecified atom stereocenters. The van der Waals surface area contributed by atoms with Crippen molar-refractivity contribution in [2.24, 2.45) is 0 Å². The average Bonchev–Trinajstić information content (AvgIpc) is 2.53. The van der Waals surface area contributed by atoms with E-state index in [4.69, 9.17) is 0 Å². The first kappa shape index (κ1) is 18.7. The van der Waals surface area contributed by atoms with Crippen LogP contribution in [-0.4, -0.2) is 42.0 Å². The number of amides is 1. The monoisotopic (exact) mass is 341 g/mol. The summed E-state index contributed by atoms with van der Waals surface area (Å²) in [5.41, 5.74) is 0.779. The lowest BCUT2D eigenvalue weighted by atomic mass is 10.0. The Hall–Kier alpha value is -1.36. The van der Waals surface area contributed by atoms with Crippen LogP contribution in [0, 0.1) is 0 Å². The van der Waals surface area contributed by atoms with Gasteiger partial charge in [0.05, 0.1) is 0 Å². The van der Waals surface area contributed by atoms with Gasteiger partial charge in [0.1, 0.15) is 0 Å². The predicted molar refractivity (Wildman–Crippen MR) is 94.2 cm³/mol. The molecule has 3 rings (SSSR count). The van der Waals surface area contributed by atoms with Gasteiger partial charge >= 0.3 is 0 Å². The normalized spacial score (nSPS) is 17.5. The summed E-state index contributed by atoms with van der Waals surface area (Å²) in [7, 11) is 1.96. The maximum atomic E-state index is 12.8. The summed E-state index contributed by atoms with van der Waals surface area (Å²) in [6, 6.07) is 8.15. The number of aromatic nitrogens is 1. The van der Waals surface area contributed by atoms with Crippen molar-refractivity contribution < 1.29 is 4.79 Å². The van der Waals surface area contributed by atoms with Crippen LogP contribution in [-0.2, 0) is 0 Å². The van der Waals surface area contributed by atoms with Crippen LogP contribution in [0.25, 0.3) is 10.8 Å². The molecule has 1 N–H and O–H groups in total. The Morgan fingerprint density at radius 1 is 1.32 bits per heavy atom. The summed E-state index contributed by atoms with van der Waals surface area (Å²) in [5.74, 6) is 0.127. The second-order valence-corrected chi connectivity index (χ2v) is 5.28. The molecule has 0 spiro atoms. The number of nitrogens with zero attached hydrogens (tertiary/aromatic N) is 2. The van der Waals surface area contributed by atoms with Crippen molar-refractivity contribution in [3.8, 4) is 0 Å². The smallest absolute Gasteiger partial charge is 0.254 e. The van der Waals surface area contributed by atoms with E-state index in [1.54, 1.807) is 12.4 Å². The standard InChI is InChI=1S/C16H19N3O.2ClH/c1-17-13-5-3-9-19(11-13)16(20)15-6-2-4-12-10-18-8-7-14(12)15;;/h2,4,6-8,10,13,17H,3,5,9,11H2,1H3;2*1H. The van der Waals surface area contributed by atoms with Crippen molar-refractivity contribution in [2.75, 3.05) is 20.1 Å². The van der Waals surface area contributed by atoms with Crippen molar-refractivity contribution in [2.45, 2.75) is 18.9 Å². The fourth-order valence-electron chi connectivity index (χ4n) is 2.88. The summed E-state index contributed by atoms with van der Waals surface area (Å²) in [5, 5.41) is 5.27. The van der Waals surface area contributed by atoms with E-state index in [2.05, 4.69) is 10.3 Å². The fraction of sp³-hybridized carbons (Fsp3) is 0.375. The molecule has 2 heterocycles. The highest BCUT2D eigenvalue weighted by Gasteiger charge is 2.24. The van der Waals surface area contributed by atoms with Gasteiger partial charge in [-0.05, 0) is 37.4 Å². The maximum absolute atomic E-state index is 12.8. The van der Waals surface area contributed by atoms with Crippen molar-refractivity contribution in [1.82, 2.24) is 15.2 Å². The second-order valence-electron chi connectivity index (χ2n) is 5.28. The number of halogens is 2. The van der Waals surface area contributed by atoms with Crippen molar-refractivity contribution in [1.29, 1.82) is 0 Å². The number of likely N-dealkylation sites (tertiary alicyclic amines) is 1. The molecule has 4 nitrogen and oxygen atoms in total. The minimum atomic E-state index is 0. The molecular weight excluding hydrogens is 321 g/mol. The lowest BCUT2D eigenvalue weighted by Crippen LogP contribution is -2.47. The zero-order valence-corrected chi connectivity index (χ0v) is 14.1. The number of benzene rings is 1. The first-order chi connectivity index (χ1) is 9.79. The Bertz CT molecular complexity index is 630. The number of rotatable bonds is 2. The third-order valence-electron chi connectivity index (χ3n) is 4.03. The molecule has 0 radical (unpaired) electrons. The van der Waals surface area contributed by atoms with E-state index < -0.39 is 0 Å². The van der Waals surface area contributed by atoms with Gasteiger partial charge in [-0.3, -0.25) is 9.78 Å². The summed E-state index contributed by atoms with van der Waals surface area (Å²) in [6.07, 6.45) is 5.74. The molecule has 1 amide bonds. The Labute approximate surface area is 143 Å². The van der Waals surface area contributed by atoms with E-state index in [9.17, 15) is 4.79 Å². The first-order valence-corrected chi connectivity index (χ1v) is 7.09. The SMILES string of the molecule is CNC1CCCN(C(=O)c2cccc3cnccc23)C1.Cl.Cl. The van der Waals surface area contributed by atoms with E-state index in [1.165, 1.54) is 0 Å². The van der Waals surface area contributed by atoms with Crippen LogP contribution in [0.5, 0.6) is 0 Å². The number of hydrogen-bond donors (Lipinski definition) is 1. The van der Waals surface area contributed by atoms with Crippen LogP contribution in [0.4, 0.5) is 0 Å². The minimum absolute atomic E-state index is 0. The lowest BCUT2D eigenvalue weighted by molar-refractivity contribution is 0.0700. The topological polar surface area (TPSA) is 45.2 Å². The summed E-state index contributed by atoms with van der Waals surface area (Å²) < 4.78 is 0. The van der Waals surface area contributed by atoms with Gasteiger partial charge < -0.3 is 10.2 Å². The van der Waals surface area contributed by atoms with Crippen LogP contribution in [0.3, 0.4) is 0 Å². The maximum Gasteiger partial charge on any atom is 0.254 e. The lowest BCUT2D eigenvalue weighted by Gasteiger charge is -2.32. The zero-order valence-electron chi connectivity index (χ0n) is 12.5. The van der Waals surface area contributed by atoms with Crippen LogP contribution in [0.2, 0.25) is 0 Å². The molecule has 1 fully saturated rings. The van der Waals surface area contributed by atoms with Gasteiger partial charge in [-0.25, -0.2) is 0 Å². The molecular formula is C16H21Cl2N3O. The Balaban J connectivity index is 0.00000121. The summed E-state index contributed by atoms with van der Waals surface area (Å²) in [4.78, 5) is 18.8. The molecule has 0 saturated carbocycles. The highest BCUT2D eigenvalue weighted by molar-refractivity contribution is 6.06. The number of piperidine rings is 1. The molecule has 22 heavy (non-hydrogen) atoms. The van der Waals surface area contributed by atoms with Crippen LogP contribution < -0.4 is 5.32 Å². The number of carbonyl (C=O) groups is 1. The van der Waals surface area contributed by atoms with Crippen molar-refractivity contribution in [3.63, 3.8) is 0 Å². The molecule has 1 aromatic heterocycles. The highest BCUT2D eigenvalue weighted by atomic mass is 35.5. The van der Waals surface area contributed by atoms with Crippen molar-refractivity contribution >= 4 is 41.5 Å². The number of pyridine rings is 1. The van der Waals surface area contributed by atoms with E-state index >= 15 is 0 Å². The average molecular weight is 342 g/mol. The highest BCUT2D eigenvalue weighted by Crippen LogP contribution is 2.21. The number of carbonyl (C=O) groups excluding carboxylic acids is 1. The van der Waals surface area contributed by atoms with Gasteiger partial charge in [0.25, 0.3) is 5.91 Å². The molecule has 0 bridgehead atoms. The molecule has 1 aliphatic rings. The zero-order chi connectivity index (χ0) is 13.9. The molecule has 1 aliphatic heterocycles. The summed E-state index contributed by atoms with van der Waals surface area (Å²) in [6.45, 7) is 1.63. The molecule has 1 saturated heterocycles. The van der Waals surface area contributed by atoms with Gasteiger partial charge in [-0.15, -0.1) is 24.8 Å². The minimum Gasteiger partial charge on any atom is -0.337 e. The summed E-state index contributed by atoms with van der Waals surface area (Å²) >= 11 is 0. The number of hydrogen-bond acceptors (Lipinski definition) is 3. The first-order valence-electron chi connectivity index (χ1n) is 7.09. The Morgan fingerprint density at radius 3 is 2.91 bits per heavy atom. The van der Waals surface area contributed by atoms with E-state index in [-0.39, 0.29) is 30.7 Å². The predicted octanol–water partition coefficient (Wildman–Crippen LogP) is 2.90. The number of nitrogens with one attached hydrogen (secondary N) is 1. The number of likely N-dealkylation sites (N-methyl/N-ethyl adjacent to an activating group) is 1. The van der Waals surface area contributed by atoms with E-state index in [0.29, 0.717) is 6.04 Å². The molecule has 120 valence electrons. The van der Waals surface area contributed by atoms with Gasteiger partial charge in [-0.1, -0.05) is 12.1 Å². The molecule has 1 aromatic carbocycles. The molecule has 6 heteroatoms. The molecule has 2 aromatic rings. The van der Waals surface area contributed by atoms with Gasteiger partial charge in [0.2, 0.25) is 0 Å². The van der Waals surface area contributed by atoms with Crippen LogP contribution >= 0.6 is 24.8 Å². The van der Waals surface area contributed by atoms with Crippen LogP contribution in [0.15, 0.2) is 36.7 Å². The van der Waals surface area contributed by atoms with Gasteiger partial charge in [0, 0.05) is 42.5 Å². The van der Waals surface area contributed by atoms with Crippen LogP contribution in [0.1, 0.15) is 23.2 Å². The third-order valence-corrected chi connectivity index (χ3v) is 4.03. The van der Waals surface area contributed by atoms with E-state index in [1.807, 2.05) is 36.2 Å². The van der Waals surface area contributed by atoms with Gasteiger partial charge in [0.15, 0.2) is 0 Å². The fourth-order valence-corrected chi connectivity index (χ4v) is 2.88. The molecule has 0 aliphatic carbocycles. The third kappa shape index (κ3) is 3.69. The molecule has 1 atom stereocenters. The Kier molecular flexibility index (Phi) is 7.07. The van der Waals surface area contributed by atoms with Crippen molar-refractivity contribution in [3.05, 3.63) is 42.2 Å². The van der Waals surface area contributed by atoms with E-state index in [0.717, 1.165) is 42.3 Å². The largest absolute Gasteiger partial charge is 0.337 e. The Morgan fingerprint density at radius 2 is 2.14 bits per heavy atom. The second kappa shape index (κ2) is 8.32. The van der Waals surface area contributed by atoms with Gasteiger partial charge in [-0.2, -0.15) is 0 Å². The number of fused-ring (bicyclic) bond motifs is 1.